The summed E-state index contributed by atoms with van der Waals surface area (Å²) in [4.78, 5) is 0. The van der Waals surface area contributed by atoms with Crippen molar-refractivity contribution in [1.82, 2.24) is 5.32 Å². The van der Waals surface area contributed by atoms with Crippen molar-refractivity contribution < 1.29 is 9.84 Å². The molecule has 1 aliphatic rings. The fourth-order valence-corrected chi connectivity index (χ4v) is 2.84. The Morgan fingerprint density at radius 1 is 1.56 bits per heavy atom. The minimum absolute atomic E-state index is 0.0334. The van der Waals surface area contributed by atoms with E-state index in [2.05, 4.69) is 21.2 Å². The van der Waals surface area contributed by atoms with E-state index in [0.29, 0.717) is 5.02 Å². The average molecular weight is 335 g/mol. The molecule has 2 N–H and O–H groups in total. The molecule has 0 saturated carbocycles. The number of halogens is 2. The van der Waals surface area contributed by atoms with Gasteiger partial charge in [-0.25, -0.2) is 0 Å². The third kappa shape index (κ3) is 3.68. The van der Waals surface area contributed by atoms with Crippen molar-refractivity contribution >= 4 is 27.5 Å². The summed E-state index contributed by atoms with van der Waals surface area (Å²) in [5, 5.41) is 13.5. The number of aliphatic hydroxyl groups is 1. The van der Waals surface area contributed by atoms with Gasteiger partial charge in [0.05, 0.1) is 18.8 Å². The first-order valence-electron chi connectivity index (χ1n) is 6.11. The summed E-state index contributed by atoms with van der Waals surface area (Å²) in [5.41, 5.74) is 0.975. The molecular formula is C13H17BrClNO2. The molecule has 0 amide bonds. The second-order valence-electron chi connectivity index (χ2n) is 4.44. The largest absolute Gasteiger partial charge is 0.394 e. The van der Waals surface area contributed by atoms with Crippen molar-refractivity contribution in [3.8, 4) is 0 Å². The summed E-state index contributed by atoms with van der Waals surface area (Å²) in [6.07, 6.45) is 2.47. The Hall–Kier alpha value is -0.130. The van der Waals surface area contributed by atoms with Gasteiger partial charge < -0.3 is 15.2 Å². The van der Waals surface area contributed by atoms with Crippen LogP contribution in [0.1, 0.15) is 24.4 Å². The smallest absolute Gasteiger partial charge is 0.0700 e. The molecule has 2 atom stereocenters. The second kappa shape index (κ2) is 6.87. The van der Waals surface area contributed by atoms with E-state index in [4.69, 9.17) is 16.3 Å². The summed E-state index contributed by atoms with van der Waals surface area (Å²) in [6.45, 7) is 1.63. The van der Waals surface area contributed by atoms with Crippen LogP contribution in [-0.4, -0.2) is 31.0 Å². The third-order valence-electron chi connectivity index (χ3n) is 3.13. The van der Waals surface area contributed by atoms with Gasteiger partial charge in [-0.1, -0.05) is 27.5 Å². The van der Waals surface area contributed by atoms with E-state index >= 15 is 0 Å². The molecule has 1 aromatic rings. The first-order chi connectivity index (χ1) is 8.70. The summed E-state index contributed by atoms with van der Waals surface area (Å²) in [7, 11) is 0. The molecular weight excluding hydrogens is 318 g/mol. The number of ether oxygens (including phenoxy) is 1. The van der Waals surface area contributed by atoms with Gasteiger partial charge in [-0.15, -0.1) is 0 Å². The minimum atomic E-state index is -0.123. The molecule has 100 valence electrons. The molecule has 0 spiro atoms. The van der Waals surface area contributed by atoms with Crippen LogP contribution in [0.15, 0.2) is 22.7 Å². The molecule has 18 heavy (non-hydrogen) atoms. The van der Waals surface area contributed by atoms with Gasteiger partial charge in [0.2, 0.25) is 0 Å². The maximum atomic E-state index is 9.50. The van der Waals surface area contributed by atoms with Crippen molar-refractivity contribution in [1.29, 1.82) is 0 Å². The Balaban J connectivity index is 2.00. The van der Waals surface area contributed by atoms with Gasteiger partial charge in [0.25, 0.3) is 0 Å². The standard InChI is InChI=1S/C13H17BrClNO2/c14-12-4-3-9(15)6-11(12)13(8-17)16-7-10-2-1-5-18-10/h3-4,6,10,13,16-17H,1-2,5,7-8H2. The van der Waals surface area contributed by atoms with Crippen LogP contribution < -0.4 is 5.32 Å². The van der Waals surface area contributed by atoms with Gasteiger partial charge in [0.15, 0.2) is 0 Å². The molecule has 3 nitrogen and oxygen atoms in total. The number of hydrogen-bond donors (Lipinski definition) is 2. The molecule has 0 aromatic heterocycles. The van der Waals surface area contributed by atoms with Gasteiger partial charge in [-0.2, -0.15) is 0 Å². The molecule has 1 aromatic carbocycles. The van der Waals surface area contributed by atoms with E-state index in [1.54, 1.807) is 0 Å². The molecule has 0 radical (unpaired) electrons. The highest BCUT2D eigenvalue weighted by atomic mass is 79.9. The normalized spacial score (nSPS) is 21.2. The van der Waals surface area contributed by atoms with Crippen molar-refractivity contribution in [2.24, 2.45) is 0 Å². The second-order valence-corrected chi connectivity index (χ2v) is 5.74. The zero-order chi connectivity index (χ0) is 13.0. The summed E-state index contributed by atoms with van der Waals surface area (Å²) in [6, 6.07) is 5.47. The quantitative estimate of drug-likeness (QED) is 0.870. The third-order valence-corrected chi connectivity index (χ3v) is 4.09. The molecule has 1 aliphatic heterocycles. The van der Waals surface area contributed by atoms with Crippen molar-refractivity contribution in [2.75, 3.05) is 19.8 Å². The Morgan fingerprint density at radius 2 is 2.39 bits per heavy atom. The Bertz CT molecular complexity index is 397. The van der Waals surface area contributed by atoms with Crippen LogP contribution in [0.25, 0.3) is 0 Å². The van der Waals surface area contributed by atoms with Gasteiger partial charge in [0.1, 0.15) is 0 Å². The molecule has 1 fully saturated rings. The van der Waals surface area contributed by atoms with Crippen molar-refractivity contribution in [3.05, 3.63) is 33.3 Å². The van der Waals surface area contributed by atoms with E-state index < -0.39 is 0 Å². The molecule has 5 heteroatoms. The summed E-state index contributed by atoms with van der Waals surface area (Å²) in [5.74, 6) is 0. The van der Waals surface area contributed by atoms with Gasteiger partial charge in [-0.3, -0.25) is 0 Å². The van der Waals surface area contributed by atoms with E-state index in [1.807, 2.05) is 18.2 Å². The lowest BCUT2D eigenvalue weighted by molar-refractivity contribution is 0.104. The van der Waals surface area contributed by atoms with Crippen LogP contribution in [0.3, 0.4) is 0 Å². The molecule has 2 rings (SSSR count). The molecule has 2 unspecified atom stereocenters. The van der Waals surface area contributed by atoms with E-state index in [0.717, 1.165) is 36.0 Å². The fourth-order valence-electron chi connectivity index (χ4n) is 2.13. The summed E-state index contributed by atoms with van der Waals surface area (Å²) >= 11 is 9.47. The van der Waals surface area contributed by atoms with Gasteiger partial charge in [0, 0.05) is 22.6 Å². The predicted octanol–water partition coefficient (Wildman–Crippen LogP) is 2.90. The Morgan fingerprint density at radius 3 is 3.06 bits per heavy atom. The highest BCUT2D eigenvalue weighted by Gasteiger charge is 2.19. The van der Waals surface area contributed by atoms with Crippen molar-refractivity contribution in [2.45, 2.75) is 25.0 Å². The number of aliphatic hydroxyl groups excluding tert-OH is 1. The van der Waals surface area contributed by atoms with Crippen LogP contribution >= 0.6 is 27.5 Å². The monoisotopic (exact) mass is 333 g/mol. The zero-order valence-electron chi connectivity index (χ0n) is 10.0. The molecule has 1 heterocycles. The van der Waals surface area contributed by atoms with Crippen LogP contribution in [0.4, 0.5) is 0 Å². The topological polar surface area (TPSA) is 41.5 Å². The number of hydrogen-bond acceptors (Lipinski definition) is 3. The van der Waals surface area contributed by atoms with Crippen LogP contribution in [-0.2, 0) is 4.74 Å². The number of rotatable bonds is 5. The molecule has 0 aliphatic carbocycles. The SMILES string of the molecule is OCC(NCC1CCCO1)c1cc(Cl)ccc1Br. The van der Waals surface area contributed by atoms with E-state index in [9.17, 15) is 5.11 Å². The number of benzene rings is 1. The predicted molar refractivity (Wildman–Crippen MR) is 76.0 cm³/mol. The lowest BCUT2D eigenvalue weighted by atomic mass is 10.1. The Kier molecular flexibility index (Phi) is 5.45. The fraction of sp³-hybridized carbons (Fsp3) is 0.538. The molecule has 0 bridgehead atoms. The van der Waals surface area contributed by atoms with Crippen LogP contribution in [0.2, 0.25) is 5.02 Å². The van der Waals surface area contributed by atoms with E-state index in [1.165, 1.54) is 0 Å². The molecule has 1 saturated heterocycles. The highest BCUT2D eigenvalue weighted by Crippen LogP contribution is 2.27. The van der Waals surface area contributed by atoms with Gasteiger partial charge in [-0.05, 0) is 36.6 Å². The first kappa shape index (κ1) is 14.3. The maximum absolute atomic E-state index is 9.50. The van der Waals surface area contributed by atoms with Crippen molar-refractivity contribution in [3.63, 3.8) is 0 Å². The minimum Gasteiger partial charge on any atom is -0.394 e. The van der Waals surface area contributed by atoms with E-state index in [-0.39, 0.29) is 18.8 Å². The van der Waals surface area contributed by atoms with Gasteiger partial charge >= 0.3 is 0 Å². The Labute approximate surface area is 121 Å². The lowest BCUT2D eigenvalue weighted by Crippen LogP contribution is -2.32. The summed E-state index contributed by atoms with van der Waals surface area (Å²) < 4.78 is 6.51. The maximum Gasteiger partial charge on any atom is 0.0700 e. The van der Waals surface area contributed by atoms with Crippen LogP contribution in [0, 0.1) is 0 Å². The highest BCUT2D eigenvalue weighted by molar-refractivity contribution is 9.10. The zero-order valence-corrected chi connectivity index (χ0v) is 12.4. The average Bonchev–Trinajstić information content (AvgIpc) is 2.87. The lowest BCUT2D eigenvalue weighted by Gasteiger charge is -2.20. The number of nitrogens with one attached hydrogen (secondary N) is 1. The van der Waals surface area contributed by atoms with Crippen LogP contribution in [0.5, 0.6) is 0 Å². The first-order valence-corrected chi connectivity index (χ1v) is 7.28.